The SMILES string of the molecule is C[C@H]1Sc2cc(C(F)(F)F)ccc2NC1=O. The molecule has 86 valence electrons. The smallest absolute Gasteiger partial charge is 0.324 e. The zero-order chi connectivity index (χ0) is 11.9. The van der Waals surface area contributed by atoms with Gasteiger partial charge in [0.15, 0.2) is 0 Å². The van der Waals surface area contributed by atoms with Crippen molar-refractivity contribution in [2.24, 2.45) is 0 Å². The molecule has 1 N–H and O–H groups in total. The zero-order valence-corrected chi connectivity index (χ0v) is 9.08. The highest BCUT2D eigenvalue weighted by Gasteiger charge is 2.32. The number of hydrogen-bond acceptors (Lipinski definition) is 2. The molecular formula is C10H8F3NOS. The van der Waals surface area contributed by atoms with Gasteiger partial charge in [-0.3, -0.25) is 4.79 Å². The van der Waals surface area contributed by atoms with E-state index < -0.39 is 11.7 Å². The average molecular weight is 247 g/mol. The highest BCUT2D eigenvalue weighted by Crippen LogP contribution is 2.39. The lowest BCUT2D eigenvalue weighted by Crippen LogP contribution is -2.26. The summed E-state index contributed by atoms with van der Waals surface area (Å²) >= 11 is 1.14. The van der Waals surface area contributed by atoms with Crippen LogP contribution in [0.25, 0.3) is 0 Å². The second kappa shape index (κ2) is 3.69. The number of benzene rings is 1. The number of carbonyl (C=O) groups excluding carboxylic acids is 1. The molecule has 1 aromatic carbocycles. The Balaban J connectivity index is 2.40. The molecule has 0 aliphatic carbocycles. The molecule has 2 rings (SSSR count). The van der Waals surface area contributed by atoms with Gasteiger partial charge in [0, 0.05) is 4.90 Å². The summed E-state index contributed by atoms with van der Waals surface area (Å²) in [4.78, 5) is 11.7. The van der Waals surface area contributed by atoms with Crippen molar-refractivity contribution in [3.8, 4) is 0 Å². The van der Waals surface area contributed by atoms with Gasteiger partial charge in [-0.15, -0.1) is 11.8 Å². The highest BCUT2D eigenvalue weighted by atomic mass is 32.2. The standard InChI is InChI=1S/C10H8F3NOS/c1-5-9(15)14-7-3-2-6(10(11,12)13)4-8(7)16-5/h2-5H,1H3,(H,14,15)/t5-/m1/s1. The first-order chi connectivity index (χ1) is 7.38. The van der Waals surface area contributed by atoms with Gasteiger partial charge in [0.2, 0.25) is 5.91 Å². The normalized spacial score (nSPS) is 20.2. The lowest BCUT2D eigenvalue weighted by atomic mass is 10.2. The van der Waals surface area contributed by atoms with E-state index in [4.69, 9.17) is 0 Å². The largest absolute Gasteiger partial charge is 0.416 e. The van der Waals surface area contributed by atoms with Gasteiger partial charge in [0.1, 0.15) is 0 Å². The van der Waals surface area contributed by atoms with Crippen molar-refractivity contribution in [3.63, 3.8) is 0 Å². The van der Waals surface area contributed by atoms with E-state index in [2.05, 4.69) is 5.32 Å². The number of thioether (sulfide) groups is 1. The molecule has 2 nitrogen and oxygen atoms in total. The Bertz CT molecular complexity index is 444. The molecule has 1 aromatic rings. The van der Waals surface area contributed by atoms with Crippen LogP contribution in [-0.2, 0) is 11.0 Å². The minimum absolute atomic E-state index is 0.183. The molecule has 1 amide bonds. The Labute approximate surface area is 94.2 Å². The van der Waals surface area contributed by atoms with E-state index in [1.807, 2.05) is 0 Å². The summed E-state index contributed by atoms with van der Waals surface area (Å²) in [7, 11) is 0. The van der Waals surface area contributed by atoms with Crippen LogP contribution in [0.2, 0.25) is 0 Å². The summed E-state index contributed by atoms with van der Waals surface area (Å²) in [6.45, 7) is 1.66. The quantitative estimate of drug-likeness (QED) is 0.763. The number of halogens is 3. The fourth-order valence-electron chi connectivity index (χ4n) is 1.38. The number of anilines is 1. The van der Waals surface area contributed by atoms with E-state index in [1.165, 1.54) is 6.07 Å². The molecule has 1 aliphatic heterocycles. The number of alkyl halides is 3. The first kappa shape index (κ1) is 11.3. The van der Waals surface area contributed by atoms with Crippen LogP contribution in [0.1, 0.15) is 12.5 Å². The number of carbonyl (C=O) groups is 1. The first-order valence-corrected chi connectivity index (χ1v) is 5.44. The Morgan fingerprint density at radius 1 is 1.38 bits per heavy atom. The van der Waals surface area contributed by atoms with E-state index >= 15 is 0 Å². The maximum atomic E-state index is 12.4. The van der Waals surface area contributed by atoms with Crippen molar-refractivity contribution >= 4 is 23.4 Å². The van der Waals surface area contributed by atoms with Gasteiger partial charge in [0.25, 0.3) is 0 Å². The minimum atomic E-state index is -4.35. The summed E-state index contributed by atoms with van der Waals surface area (Å²) in [5.74, 6) is -0.183. The summed E-state index contributed by atoms with van der Waals surface area (Å²) in [6, 6.07) is 3.32. The fraction of sp³-hybridized carbons (Fsp3) is 0.300. The third-order valence-electron chi connectivity index (χ3n) is 2.24. The second-order valence-corrected chi connectivity index (χ2v) is 4.84. The Kier molecular flexibility index (Phi) is 2.61. The molecule has 0 saturated heterocycles. The Morgan fingerprint density at radius 3 is 2.69 bits per heavy atom. The van der Waals surface area contributed by atoms with Crippen LogP contribution in [0.15, 0.2) is 23.1 Å². The maximum absolute atomic E-state index is 12.4. The van der Waals surface area contributed by atoms with Crippen LogP contribution in [0.5, 0.6) is 0 Å². The Hall–Kier alpha value is -1.17. The van der Waals surface area contributed by atoms with E-state index in [0.29, 0.717) is 10.6 Å². The highest BCUT2D eigenvalue weighted by molar-refractivity contribution is 8.00. The van der Waals surface area contributed by atoms with Crippen molar-refractivity contribution in [1.29, 1.82) is 0 Å². The van der Waals surface area contributed by atoms with E-state index in [0.717, 1.165) is 23.9 Å². The zero-order valence-electron chi connectivity index (χ0n) is 8.26. The summed E-state index contributed by atoms with van der Waals surface area (Å²) in [5.41, 5.74) is -0.247. The van der Waals surface area contributed by atoms with Crippen LogP contribution in [-0.4, -0.2) is 11.2 Å². The minimum Gasteiger partial charge on any atom is -0.324 e. The van der Waals surface area contributed by atoms with Crippen LogP contribution in [0, 0.1) is 0 Å². The fourth-order valence-corrected chi connectivity index (χ4v) is 2.37. The monoisotopic (exact) mass is 247 g/mol. The number of nitrogens with one attached hydrogen (secondary N) is 1. The molecule has 0 radical (unpaired) electrons. The maximum Gasteiger partial charge on any atom is 0.416 e. The van der Waals surface area contributed by atoms with Gasteiger partial charge in [0.05, 0.1) is 16.5 Å². The van der Waals surface area contributed by atoms with E-state index in [9.17, 15) is 18.0 Å². The predicted octanol–water partition coefficient (Wildman–Crippen LogP) is 3.14. The lowest BCUT2D eigenvalue weighted by Gasteiger charge is -2.22. The predicted molar refractivity (Wildman–Crippen MR) is 55.4 cm³/mol. The van der Waals surface area contributed by atoms with Gasteiger partial charge in [-0.1, -0.05) is 0 Å². The molecule has 0 spiro atoms. The lowest BCUT2D eigenvalue weighted by molar-refractivity contribution is -0.137. The number of fused-ring (bicyclic) bond motifs is 1. The van der Waals surface area contributed by atoms with Gasteiger partial charge in [-0.05, 0) is 25.1 Å². The number of hydrogen-bond donors (Lipinski definition) is 1. The van der Waals surface area contributed by atoms with Gasteiger partial charge in [-0.25, -0.2) is 0 Å². The van der Waals surface area contributed by atoms with Crippen molar-refractivity contribution < 1.29 is 18.0 Å². The van der Waals surface area contributed by atoms with Crippen molar-refractivity contribution in [2.45, 2.75) is 23.2 Å². The molecule has 0 aromatic heterocycles. The van der Waals surface area contributed by atoms with Crippen LogP contribution < -0.4 is 5.32 Å². The van der Waals surface area contributed by atoms with Gasteiger partial charge >= 0.3 is 6.18 Å². The average Bonchev–Trinajstić information content (AvgIpc) is 2.17. The van der Waals surface area contributed by atoms with Crippen LogP contribution in [0.4, 0.5) is 18.9 Å². The molecule has 6 heteroatoms. The van der Waals surface area contributed by atoms with Crippen molar-refractivity contribution in [2.75, 3.05) is 5.32 Å². The number of rotatable bonds is 0. The molecule has 1 atom stereocenters. The molecule has 1 heterocycles. The molecular weight excluding hydrogens is 239 g/mol. The third kappa shape index (κ3) is 2.02. The van der Waals surface area contributed by atoms with Crippen molar-refractivity contribution in [1.82, 2.24) is 0 Å². The van der Waals surface area contributed by atoms with E-state index in [-0.39, 0.29) is 11.2 Å². The summed E-state index contributed by atoms with van der Waals surface area (Å²) in [5, 5.41) is 2.20. The molecule has 16 heavy (non-hydrogen) atoms. The van der Waals surface area contributed by atoms with Gasteiger partial charge in [-0.2, -0.15) is 13.2 Å². The third-order valence-corrected chi connectivity index (χ3v) is 3.40. The van der Waals surface area contributed by atoms with E-state index in [1.54, 1.807) is 6.92 Å². The number of amides is 1. The van der Waals surface area contributed by atoms with Gasteiger partial charge < -0.3 is 5.32 Å². The Morgan fingerprint density at radius 2 is 2.06 bits per heavy atom. The molecule has 0 saturated carbocycles. The van der Waals surface area contributed by atoms with Crippen LogP contribution in [0.3, 0.4) is 0 Å². The topological polar surface area (TPSA) is 29.1 Å². The summed E-state index contributed by atoms with van der Waals surface area (Å²) in [6.07, 6.45) is -4.35. The molecule has 0 unspecified atom stereocenters. The van der Waals surface area contributed by atoms with Crippen LogP contribution >= 0.6 is 11.8 Å². The van der Waals surface area contributed by atoms with Crippen molar-refractivity contribution in [3.05, 3.63) is 23.8 Å². The summed E-state index contributed by atoms with van der Waals surface area (Å²) < 4.78 is 37.3. The second-order valence-electron chi connectivity index (χ2n) is 3.46. The molecule has 0 bridgehead atoms. The molecule has 0 fully saturated rings. The first-order valence-electron chi connectivity index (χ1n) is 4.56. The molecule has 1 aliphatic rings.